The van der Waals surface area contributed by atoms with Gasteiger partial charge in [-0.15, -0.1) is 0 Å². The van der Waals surface area contributed by atoms with Crippen LogP contribution >= 0.6 is 0 Å². The average Bonchev–Trinajstić information content (AvgIpc) is 2.62. The smallest absolute Gasteiger partial charge is 0.249 e. The van der Waals surface area contributed by atoms with Crippen LogP contribution in [0.5, 0.6) is 0 Å². The number of hydrogen-bond acceptors (Lipinski definition) is 2. The van der Waals surface area contributed by atoms with E-state index in [4.69, 9.17) is 4.84 Å². The van der Waals surface area contributed by atoms with E-state index in [0.29, 0.717) is 11.3 Å². The molecule has 0 radical (unpaired) electrons. The van der Waals surface area contributed by atoms with Crippen molar-refractivity contribution in [3.8, 4) is 0 Å². The Hall–Kier alpha value is -0.570. The maximum atomic E-state index is 11.8. The number of hydroxylamine groups is 2. The van der Waals surface area contributed by atoms with Gasteiger partial charge in [0.15, 0.2) is 0 Å². The van der Waals surface area contributed by atoms with E-state index in [2.05, 4.69) is 0 Å². The van der Waals surface area contributed by atoms with Crippen LogP contribution in [0.25, 0.3) is 0 Å². The molecule has 1 aliphatic heterocycles. The third-order valence-electron chi connectivity index (χ3n) is 3.84. The number of nitrogens with zero attached hydrogens (tertiary/aromatic N) is 1. The van der Waals surface area contributed by atoms with Crippen LogP contribution in [0.3, 0.4) is 0 Å². The maximum absolute atomic E-state index is 11.8. The summed E-state index contributed by atoms with van der Waals surface area (Å²) in [5.41, 5.74) is 0.447. The van der Waals surface area contributed by atoms with Crippen molar-refractivity contribution in [3.05, 3.63) is 0 Å². The Labute approximate surface area is 78.0 Å². The molecular weight excluding hydrogens is 166 g/mol. The van der Waals surface area contributed by atoms with E-state index in [9.17, 15) is 4.79 Å². The molecular formula is C10H15NO2. The summed E-state index contributed by atoms with van der Waals surface area (Å²) < 4.78 is 0. The van der Waals surface area contributed by atoms with E-state index in [-0.39, 0.29) is 5.91 Å². The molecule has 1 atom stereocenters. The topological polar surface area (TPSA) is 29.5 Å². The largest absolute Gasteiger partial charge is 0.272 e. The number of amides is 1. The highest BCUT2D eigenvalue weighted by Crippen LogP contribution is 2.65. The van der Waals surface area contributed by atoms with E-state index in [1.807, 2.05) is 0 Å². The van der Waals surface area contributed by atoms with E-state index < -0.39 is 0 Å². The Morgan fingerprint density at radius 3 is 2.69 bits per heavy atom. The number of hydrogen-bond donors (Lipinski definition) is 0. The second-order valence-corrected chi connectivity index (χ2v) is 4.60. The standard InChI is InChI=1S/C10H15NO2/c12-9(11-5-2-6-13-11)8-7-10(8)3-1-4-10/h8H,1-7H2. The van der Waals surface area contributed by atoms with Gasteiger partial charge in [-0.05, 0) is 31.1 Å². The van der Waals surface area contributed by atoms with Gasteiger partial charge in [-0.1, -0.05) is 6.42 Å². The Kier molecular flexibility index (Phi) is 1.48. The SMILES string of the molecule is O=C(C1CC12CCC2)N1CCCO1. The Bertz CT molecular complexity index is 241. The van der Waals surface area contributed by atoms with Gasteiger partial charge in [0.1, 0.15) is 0 Å². The van der Waals surface area contributed by atoms with Gasteiger partial charge < -0.3 is 0 Å². The van der Waals surface area contributed by atoms with Crippen LogP contribution in [0.15, 0.2) is 0 Å². The van der Waals surface area contributed by atoms with Crippen molar-refractivity contribution < 1.29 is 9.63 Å². The molecule has 0 aromatic carbocycles. The fraction of sp³-hybridized carbons (Fsp3) is 0.900. The molecule has 3 fully saturated rings. The molecule has 72 valence electrons. The Balaban J connectivity index is 1.63. The minimum Gasteiger partial charge on any atom is -0.272 e. The van der Waals surface area contributed by atoms with Gasteiger partial charge in [0.25, 0.3) is 0 Å². The van der Waals surface area contributed by atoms with Crippen molar-refractivity contribution in [1.29, 1.82) is 0 Å². The molecule has 3 aliphatic rings. The lowest BCUT2D eigenvalue weighted by molar-refractivity contribution is -0.171. The second kappa shape index (κ2) is 2.47. The summed E-state index contributed by atoms with van der Waals surface area (Å²) in [6, 6.07) is 0. The lowest BCUT2D eigenvalue weighted by Crippen LogP contribution is -2.31. The van der Waals surface area contributed by atoms with E-state index in [0.717, 1.165) is 26.0 Å². The molecule has 0 aromatic rings. The van der Waals surface area contributed by atoms with Crippen LogP contribution < -0.4 is 0 Å². The van der Waals surface area contributed by atoms with Gasteiger partial charge in [-0.25, -0.2) is 5.06 Å². The first-order valence-corrected chi connectivity index (χ1v) is 5.26. The summed E-state index contributed by atoms with van der Waals surface area (Å²) in [6.07, 6.45) is 6.01. The molecule has 1 unspecified atom stereocenters. The Morgan fingerprint density at radius 2 is 2.23 bits per heavy atom. The minimum atomic E-state index is 0.261. The molecule has 1 saturated heterocycles. The molecule has 0 N–H and O–H groups in total. The van der Waals surface area contributed by atoms with Gasteiger partial charge in [0.2, 0.25) is 5.91 Å². The summed E-state index contributed by atoms with van der Waals surface area (Å²) in [5, 5.41) is 1.59. The molecule has 3 nitrogen and oxygen atoms in total. The summed E-state index contributed by atoms with van der Waals surface area (Å²) in [6.45, 7) is 1.54. The highest BCUT2D eigenvalue weighted by molar-refractivity contribution is 5.82. The maximum Gasteiger partial charge on any atom is 0.249 e. The van der Waals surface area contributed by atoms with Crippen molar-refractivity contribution in [2.45, 2.75) is 32.1 Å². The molecule has 1 amide bonds. The van der Waals surface area contributed by atoms with Crippen LogP contribution in [0.2, 0.25) is 0 Å². The zero-order chi connectivity index (χ0) is 8.89. The quantitative estimate of drug-likeness (QED) is 0.611. The third-order valence-corrected chi connectivity index (χ3v) is 3.84. The predicted molar refractivity (Wildman–Crippen MR) is 46.7 cm³/mol. The average molecular weight is 181 g/mol. The van der Waals surface area contributed by atoms with Gasteiger partial charge in [0, 0.05) is 5.92 Å². The zero-order valence-electron chi connectivity index (χ0n) is 7.79. The lowest BCUT2D eigenvalue weighted by atomic mass is 9.79. The van der Waals surface area contributed by atoms with Crippen molar-refractivity contribution in [2.75, 3.05) is 13.2 Å². The van der Waals surface area contributed by atoms with Gasteiger partial charge in [-0.3, -0.25) is 9.63 Å². The predicted octanol–water partition coefficient (Wildman–Crippen LogP) is 1.34. The number of carbonyl (C=O) groups excluding carboxylic acids is 1. The molecule has 1 spiro atoms. The van der Waals surface area contributed by atoms with Gasteiger partial charge in [0.05, 0.1) is 13.2 Å². The van der Waals surface area contributed by atoms with Gasteiger partial charge >= 0.3 is 0 Å². The highest BCUT2D eigenvalue weighted by Gasteiger charge is 2.62. The molecule has 3 heteroatoms. The molecule has 2 saturated carbocycles. The van der Waals surface area contributed by atoms with Crippen LogP contribution in [0, 0.1) is 11.3 Å². The fourth-order valence-electron chi connectivity index (χ4n) is 2.68. The molecule has 13 heavy (non-hydrogen) atoms. The van der Waals surface area contributed by atoms with E-state index >= 15 is 0 Å². The molecule has 2 aliphatic carbocycles. The Morgan fingerprint density at radius 1 is 1.38 bits per heavy atom. The van der Waals surface area contributed by atoms with Crippen molar-refractivity contribution in [2.24, 2.45) is 11.3 Å². The molecule has 1 heterocycles. The number of carbonyl (C=O) groups is 1. The highest BCUT2D eigenvalue weighted by atomic mass is 16.7. The van der Waals surface area contributed by atoms with Crippen LogP contribution in [-0.2, 0) is 9.63 Å². The van der Waals surface area contributed by atoms with Crippen LogP contribution in [0.4, 0.5) is 0 Å². The first kappa shape index (κ1) is 7.80. The number of rotatable bonds is 1. The summed E-state index contributed by atoms with van der Waals surface area (Å²) in [7, 11) is 0. The first-order valence-electron chi connectivity index (χ1n) is 5.26. The first-order chi connectivity index (χ1) is 6.32. The zero-order valence-corrected chi connectivity index (χ0v) is 7.79. The van der Waals surface area contributed by atoms with Crippen molar-refractivity contribution in [1.82, 2.24) is 5.06 Å². The normalized spacial score (nSPS) is 34.8. The summed E-state index contributed by atoms with van der Waals surface area (Å²) in [5.74, 6) is 0.580. The summed E-state index contributed by atoms with van der Waals surface area (Å²) in [4.78, 5) is 17.1. The monoisotopic (exact) mass is 181 g/mol. The van der Waals surface area contributed by atoms with Gasteiger partial charge in [-0.2, -0.15) is 0 Å². The summed E-state index contributed by atoms with van der Waals surface area (Å²) >= 11 is 0. The lowest BCUT2D eigenvalue weighted by Gasteiger charge is -2.27. The van der Waals surface area contributed by atoms with Crippen molar-refractivity contribution >= 4 is 5.91 Å². The fourth-order valence-corrected chi connectivity index (χ4v) is 2.68. The van der Waals surface area contributed by atoms with E-state index in [1.165, 1.54) is 19.3 Å². The van der Waals surface area contributed by atoms with Crippen LogP contribution in [0.1, 0.15) is 32.1 Å². The van der Waals surface area contributed by atoms with Crippen LogP contribution in [-0.4, -0.2) is 24.1 Å². The molecule has 0 bridgehead atoms. The third kappa shape index (κ3) is 1.03. The molecule has 0 aromatic heterocycles. The molecule has 3 rings (SSSR count). The van der Waals surface area contributed by atoms with Crippen molar-refractivity contribution in [3.63, 3.8) is 0 Å². The minimum absolute atomic E-state index is 0.261. The van der Waals surface area contributed by atoms with E-state index in [1.54, 1.807) is 5.06 Å². The second-order valence-electron chi connectivity index (χ2n) is 4.60.